The molecule has 3 nitrogen and oxygen atoms in total. The first kappa shape index (κ1) is 14.1. The molecule has 1 aliphatic carbocycles. The van der Waals surface area contributed by atoms with Gasteiger partial charge >= 0.3 is 0 Å². The van der Waals surface area contributed by atoms with Crippen molar-refractivity contribution in [1.29, 1.82) is 0 Å². The molecule has 1 aromatic rings. The lowest BCUT2D eigenvalue weighted by molar-refractivity contribution is 0.0802. The van der Waals surface area contributed by atoms with Crippen molar-refractivity contribution in [3.63, 3.8) is 0 Å². The molecule has 3 heteroatoms. The molecule has 0 radical (unpaired) electrons. The van der Waals surface area contributed by atoms with E-state index in [0.717, 1.165) is 37.0 Å². The van der Waals surface area contributed by atoms with Crippen LogP contribution in [0.2, 0.25) is 0 Å². The molecule has 1 aromatic carbocycles. The van der Waals surface area contributed by atoms with Gasteiger partial charge in [0.05, 0.1) is 6.61 Å². The quantitative estimate of drug-likeness (QED) is 0.828. The van der Waals surface area contributed by atoms with Crippen LogP contribution in [0.3, 0.4) is 0 Å². The van der Waals surface area contributed by atoms with Crippen LogP contribution in [0.1, 0.15) is 49.9 Å². The van der Waals surface area contributed by atoms with Gasteiger partial charge in [-0.15, -0.1) is 0 Å². The fourth-order valence-corrected chi connectivity index (χ4v) is 2.73. The smallest absolute Gasteiger partial charge is 0.170 e. The first-order valence-corrected chi connectivity index (χ1v) is 7.11. The molecule has 0 amide bonds. The standard InChI is InChI=1S/C16H23NO2/c1-3-11-19-13-8-6-12(7-9-13)15(18)16(2)10-4-5-14(16)17/h6-9,14H,3-5,10-11,17H2,1-2H3. The van der Waals surface area contributed by atoms with Gasteiger partial charge in [-0.2, -0.15) is 0 Å². The van der Waals surface area contributed by atoms with E-state index in [1.165, 1.54) is 0 Å². The summed E-state index contributed by atoms with van der Waals surface area (Å²) in [6.45, 7) is 4.77. The minimum absolute atomic E-state index is 0.0176. The average molecular weight is 261 g/mol. The summed E-state index contributed by atoms with van der Waals surface area (Å²) in [6, 6.07) is 7.42. The molecule has 0 aliphatic heterocycles. The second kappa shape index (κ2) is 5.74. The minimum Gasteiger partial charge on any atom is -0.494 e. The number of carbonyl (C=O) groups is 1. The van der Waals surface area contributed by atoms with Gasteiger partial charge < -0.3 is 10.5 Å². The number of nitrogens with two attached hydrogens (primary N) is 1. The maximum Gasteiger partial charge on any atom is 0.170 e. The van der Waals surface area contributed by atoms with E-state index < -0.39 is 5.41 Å². The molecule has 2 N–H and O–H groups in total. The predicted octanol–water partition coefficient (Wildman–Crippen LogP) is 3.18. The summed E-state index contributed by atoms with van der Waals surface area (Å²) in [5.41, 5.74) is 6.44. The fraction of sp³-hybridized carbons (Fsp3) is 0.562. The van der Waals surface area contributed by atoms with Gasteiger partial charge in [0.25, 0.3) is 0 Å². The zero-order chi connectivity index (χ0) is 13.9. The van der Waals surface area contributed by atoms with Crippen LogP contribution in [0.15, 0.2) is 24.3 Å². The van der Waals surface area contributed by atoms with Crippen molar-refractivity contribution in [2.24, 2.45) is 11.1 Å². The highest BCUT2D eigenvalue weighted by molar-refractivity contribution is 6.01. The van der Waals surface area contributed by atoms with Gasteiger partial charge in [-0.3, -0.25) is 4.79 Å². The Bertz CT molecular complexity index is 441. The van der Waals surface area contributed by atoms with Gasteiger partial charge in [0.2, 0.25) is 0 Å². The topological polar surface area (TPSA) is 52.3 Å². The number of ether oxygens (including phenoxy) is 1. The number of ketones is 1. The Hall–Kier alpha value is -1.35. The van der Waals surface area contributed by atoms with Crippen LogP contribution in [-0.2, 0) is 0 Å². The van der Waals surface area contributed by atoms with Crippen LogP contribution < -0.4 is 10.5 Å². The molecule has 19 heavy (non-hydrogen) atoms. The van der Waals surface area contributed by atoms with E-state index in [2.05, 4.69) is 6.92 Å². The first-order valence-electron chi connectivity index (χ1n) is 7.11. The molecule has 0 aromatic heterocycles. The maximum atomic E-state index is 12.6. The average Bonchev–Trinajstić information content (AvgIpc) is 2.77. The van der Waals surface area contributed by atoms with Crippen molar-refractivity contribution in [3.05, 3.63) is 29.8 Å². The Morgan fingerprint density at radius 1 is 1.42 bits per heavy atom. The molecule has 1 fully saturated rings. The fourth-order valence-electron chi connectivity index (χ4n) is 2.73. The van der Waals surface area contributed by atoms with Crippen molar-refractivity contribution < 1.29 is 9.53 Å². The van der Waals surface area contributed by atoms with E-state index in [4.69, 9.17) is 10.5 Å². The van der Waals surface area contributed by atoms with Crippen molar-refractivity contribution in [2.45, 2.75) is 45.6 Å². The second-order valence-electron chi connectivity index (χ2n) is 5.62. The van der Waals surface area contributed by atoms with Gasteiger partial charge in [-0.1, -0.05) is 20.3 Å². The first-order chi connectivity index (χ1) is 9.08. The van der Waals surface area contributed by atoms with Crippen LogP contribution in [0.4, 0.5) is 0 Å². The summed E-state index contributed by atoms with van der Waals surface area (Å²) in [6.07, 6.45) is 3.86. The summed E-state index contributed by atoms with van der Waals surface area (Å²) in [7, 11) is 0. The molecule has 2 rings (SSSR count). The third-order valence-corrected chi connectivity index (χ3v) is 4.14. The predicted molar refractivity (Wildman–Crippen MR) is 76.5 cm³/mol. The van der Waals surface area contributed by atoms with E-state index in [-0.39, 0.29) is 11.8 Å². The van der Waals surface area contributed by atoms with E-state index in [1.54, 1.807) is 0 Å². The maximum absolute atomic E-state index is 12.6. The molecule has 2 unspecified atom stereocenters. The highest BCUT2D eigenvalue weighted by Gasteiger charge is 2.42. The normalized spacial score (nSPS) is 26.4. The number of hydrogen-bond acceptors (Lipinski definition) is 3. The van der Waals surface area contributed by atoms with E-state index in [0.29, 0.717) is 6.61 Å². The van der Waals surface area contributed by atoms with Crippen LogP contribution in [0.25, 0.3) is 0 Å². The summed E-state index contributed by atoms with van der Waals surface area (Å²) < 4.78 is 5.53. The molecular weight excluding hydrogens is 238 g/mol. The molecular formula is C16H23NO2. The molecule has 1 saturated carbocycles. The minimum atomic E-state index is -0.397. The highest BCUT2D eigenvalue weighted by atomic mass is 16.5. The highest BCUT2D eigenvalue weighted by Crippen LogP contribution is 2.39. The SMILES string of the molecule is CCCOc1ccc(C(=O)C2(C)CCCC2N)cc1. The third-order valence-electron chi connectivity index (χ3n) is 4.14. The van der Waals surface area contributed by atoms with E-state index >= 15 is 0 Å². The molecule has 2 atom stereocenters. The van der Waals surface area contributed by atoms with Gasteiger partial charge in [0, 0.05) is 17.0 Å². The Morgan fingerprint density at radius 2 is 2.11 bits per heavy atom. The number of Topliss-reactive ketones (excluding diaryl/α,β-unsaturated/α-hetero) is 1. The Morgan fingerprint density at radius 3 is 2.63 bits per heavy atom. The van der Waals surface area contributed by atoms with Crippen LogP contribution in [0, 0.1) is 5.41 Å². The number of benzene rings is 1. The molecule has 104 valence electrons. The number of rotatable bonds is 5. The van der Waals surface area contributed by atoms with Crippen molar-refractivity contribution in [1.82, 2.24) is 0 Å². The molecule has 0 bridgehead atoms. The Kier molecular flexibility index (Phi) is 4.25. The third kappa shape index (κ3) is 2.81. The number of hydrogen-bond donors (Lipinski definition) is 1. The Balaban J connectivity index is 2.11. The van der Waals surface area contributed by atoms with Gasteiger partial charge in [0.15, 0.2) is 5.78 Å². The van der Waals surface area contributed by atoms with Gasteiger partial charge in [0.1, 0.15) is 5.75 Å². The molecule has 1 aliphatic rings. The molecule has 0 heterocycles. The monoisotopic (exact) mass is 261 g/mol. The van der Waals surface area contributed by atoms with Crippen molar-refractivity contribution in [2.75, 3.05) is 6.61 Å². The summed E-state index contributed by atoms with van der Waals surface area (Å²) in [5, 5.41) is 0. The lowest BCUT2D eigenvalue weighted by Gasteiger charge is -2.27. The van der Waals surface area contributed by atoms with Crippen LogP contribution >= 0.6 is 0 Å². The lowest BCUT2D eigenvalue weighted by Crippen LogP contribution is -2.41. The largest absolute Gasteiger partial charge is 0.494 e. The van der Waals surface area contributed by atoms with Crippen molar-refractivity contribution >= 4 is 5.78 Å². The number of carbonyl (C=O) groups excluding carboxylic acids is 1. The van der Waals surface area contributed by atoms with E-state index in [1.807, 2.05) is 31.2 Å². The van der Waals surface area contributed by atoms with Crippen molar-refractivity contribution in [3.8, 4) is 5.75 Å². The summed E-state index contributed by atoms with van der Waals surface area (Å²) in [4.78, 5) is 12.6. The Labute approximate surface area is 115 Å². The van der Waals surface area contributed by atoms with E-state index in [9.17, 15) is 4.79 Å². The second-order valence-corrected chi connectivity index (χ2v) is 5.62. The van der Waals surface area contributed by atoms with Crippen LogP contribution in [-0.4, -0.2) is 18.4 Å². The molecule has 0 spiro atoms. The zero-order valence-electron chi connectivity index (χ0n) is 11.8. The summed E-state index contributed by atoms with van der Waals surface area (Å²) >= 11 is 0. The summed E-state index contributed by atoms with van der Waals surface area (Å²) in [5.74, 6) is 0.985. The zero-order valence-corrected chi connectivity index (χ0v) is 11.8. The van der Waals surface area contributed by atoms with Gasteiger partial charge in [-0.05, 0) is 43.5 Å². The lowest BCUT2D eigenvalue weighted by atomic mass is 9.78. The molecule has 0 saturated heterocycles. The van der Waals surface area contributed by atoms with Crippen LogP contribution in [0.5, 0.6) is 5.75 Å². The van der Waals surface area contributed by atoms with Gasteiger partial charge in [-0.25, -0.2) is 0 Å².